The summed E-state index contributed by atoms with van der Waals surface area (Å²) in [4.78, 5) is 15.9. The molecule has 1 unspecified atom stereocenters. The summed E-state index contributed by atoms with van der Waals surface area (Å²) in [5, 5.41) is 8.73. The van der Waals surface area contributed by atoms with E-state index < -0.39 is 5.97 Å². The van der Waals surface area contributed by atoms with Crippen molar-refractivity contribution in [2.24, 2.45) is 5.92 Å². The lowest BCUT2D eigenvalue weighted by Gasteiger charge is -2.04. The van der Waals surface area contributed by atoms with Crippen LogP contribution in [0.1, 0.15) is 30.8 Å². The van der Waals surface area contributed by atoms with Crippen molar-refractivity contribution in [2.75, 3.05) is 5.75 Å². The van der Waals surface area contributed by atoms with Gasteiger partial charge in [0.1, 0.15) is 4.34 Å². The van der Waals surface area contributed by atoms with Gasteiger partial charge in [0.05, 0.1) is 12.1 Å². The number of aromatic nitrogens is 1. The number of carboxylic acid groups (broad SMARTS) is 1. The lowest BCUT2D eigenvalue weighted by atomic mass is 10.2. The van der Waals surface area contributed by atoms with Gasteiger partial charge in [-0.25, -0.2) is 4.98 Å². The van der Waals surface area contributed by atoms with Gasteiger partial charge in [0.2, 0.25) is 0 Å². The third-order valence-electron chi connectivity index (χ3n) is 2.37. The second-order valence-electron chi connectivity index (χ2n) is 3.88. The first kappa shape index (κ1) is 13.5. The van der Waals surface area contributed by atoms with E-state index in [0.717, 1.165) is 20.7 Å². The smallest absolute Gasteiger partial charge is 0.308 e. The summed E-state index contributed by atoms with van der Waals surface area (Å²) in [6.45, 7) is 6.27. The molecule has 1 N–H and O–H groups in total. The molecule has 0 aliphatic heterocycles. The zero-order valence-corrected chi connectivity index (χ0v) is 11.5. The van der Waals surface area contributed by atoms with Crippen molar-refractivity contribution < 1.29 is 9.90 Å². The molecule has 90 valence electrons. The van der Waals surface area contributed by atoms with E-state index in [9.17, 15) is 4.79 Å². The molecule has 1 rings (SSSR count). The summed E-state index contributed by atoms with van der Waals surface area (Å²) >= 11 is 3.24. The highest BCUT2D eigenvalue weighted by Crippen LogP contribution is 2.29. The molecule has 0 bridgehead atoms. The minimum Gasteiger partial charge on any atom is -0.481 e. The first-order valence-corrected chi connectivity index (χ1v) is 7.14. The molecule has 0 saturated heterocycles. The van der Waals surface area contributed by atoms with Crippen molar-refractivity contribution in [2.45, 2.75) is 38.0 Å². The second-order valence-corrected chi connectivity index (χ2v) is 6.23. The Bertz CT molecular complexity index is 363. The number of aryl methyl sites for hydroxylation is 1. The van der Waals surface area contributed by atoms with Gasteiger partial charge in [0, 0.05) is 10.6 Å². The molecule has 1 heterocycles. The molecule has 1 aromatic heterocycles. The Hall–Kier alpha value is -0.550. The van der Waals surface area contributed by atoms with Crippen LogP contribution in [0.25, 0.3) is 0 Å². The SMILES string of the molecule is CCC(C)CSc1nc(C)c(CC(=O)O)s1. The third kappa shape index (κ3) is 4.14. The molecule has 1 aromatic rings. The molecule has 1 atom stereocenters. The summed E-state index contributed by atoms with van der Waals surface area (Å²) in [5.74, 6) is 0.943. The number of thioether (sulfide) groups is 1. The molecule has 3 nitrogen and oxygen atoms in total. The predicted molar refractivity (Wildman–Crippen MR) is 68.4 cm³/mol. The van der Waals surface area contributed by atoms with Crippen LogP contribution in [0, 0.1) is 12.8 Å². The first-order valence-electron chi connectivity index (χ1n) is 5.33. The van der Waals surface area contributed by atoms with Crippen LogP contribution >= 0.6 is 23.1 Å². The summed E-state index contributed by atoms with van der Waals surface area (Å²) in [6.07, 6.45) is 1.26. The molecule has 0 spiro atoms. The van der Waals surface area contributed by atoms with Crippen molar-refractivity contribution in [3.63, 3.8) is 0 Å². The average molecular weight is 259 g/mol. The van der Waals surface area contributed by atoms with Crippen LogP contribution in [0.3, 0.4) is 0 Å². The fraction of sp³-hybridized carbons (Fsp3) is 0.636. The molecular formula is C11H17NO2S2. The molecule has 0 saturated carbocycles. The molecule has 0 fully saturated rings. The zero-order chi connectivity index (χ0) is 12.1. The van der Waals surface area contributed by atoms with Gasteiger partial charge in [0.15, 0.2) is 0 Å². The van der Waals surface area contributed by atoms with Crippen LogP contribution in [-0.4, -0.2) is 21.8 Å². The maximum atomic E-state index is 10.6. The van der Waals surface area contributed by atoms with E-state index in [-0.39, 0.29) is 6.42 Å². The van der Waals surface area contributed by atoms with E-state index in [1.807, 2.05) is 6.92 Å². The molecule has 5 heteroatoms. The molecule has 0 aliphatic carbocycles. The molecule has 0 radical (unpaired) electrons. The lowest BCUT2D eigenvalue weighted by molar-refractivity contribution is -0.136. The molecule has 0 aromatic carbocycles. The van der Waals surface area contributed by atoms with Crippen molar-refractivity contribution in [3.8, 4) is 0 Å². The van der Waals surface area contributed by atoms with Gasteiger partial charge >= 0.3 is 5.97 Å². The van der Waals surface area contributed by atoms with Crippen molar-refractivity contribution in [3.05, 3.63) is 10.6 Å². The minimum absolute atomic E-state index is 0.0907. The highest BCUT2D eigenvalue weighted by Gasteiger charge is 2.11. The molecule has 0 aliphatic rings. The topological polar surface area (TPSA) is 50.2 Å². The van der Waals surface area contributed by atoms with Crippen LogP contribution in [0.2, 0.25) is 0 Å². The minimum atomic E-state index is -0.787. The third-order valence-corrected chi connectivity index (χ3v) is 5.00. The number of hydrogen-bond acceptors (Lipinski definition) is 4. The zero-order valence-electron chi connectivity index (χ0n) is 9.82. The maximum absolute atomic E-state index is 10.6. The Morgan fingerprint density at radius 1 is 1.62 bits per heavy atom. The second kappa shape index (κ2) is 6.25. The summed E-state index contributed by atoms with van der Waals surface area (Å²) in [5.41, 5.74) is 0.860. The summed E-state index contributed by atoms with van der Waals surface area (Å²) < 4.78 is 0.994. The number of carbonyl (C=O) groups is 1. The van der Waals surface area contributed by atoms with Crippen molar-refractivity contribution in [1.82, 2.24) is 4.98 Å². The predicted octanol–water partition coefficient (Wildman–Crippen LogP) is 3.22. The Morgan fingerprint density at radius 2 is 2.31 bits per heavy atom. The van der Waals surface area contributed by atoms with Gasteiger partial charge in [-0.2, -0.15) is 0 Å². The Balaban J connectivity index is 2.58. The number of carboxylic acids is 1. The number of nitrogens with zero attached hydrogens (tertiary/aromatic N) is 1. The van der Waals surface area contributed by atoms with Gasteiger partial charge in [0.25, 0.3) is 0 Å². The van der Waals surface area contributed by atoms with Crippen molar-refractivity contribution >= 4 is 29.1 Å². The van der Waals surface area contributed by atoms with Crippen LogP contribution in [0.4, 0.5) is 0 Å². The van der Waals surface area contributed by atoms with Gasteiger partial charge in [-0.15, -0.1) is 11.3 Å². The fourth-order valence-electron chi connectivity index (χ4n) is 1.10. The maximum Gasteiger partial charge on any atom is 0.308 e. The Kier molecular flexibility index (Phi) is 5.28. The van der Waals surface area contributed by atoms with E-state index in [4.69, 9.17) is 5.11 Å². The summed E-state index contributed by atoms with van der Waals surface area (Å²) in [7, 11) is 0. The number of hydrogen-bond donors (Lipinski definition) is 1. The summed E-state index contributed by atoms with van der Waals surface area (Å²) in [6, 6.07) is 0. The number of aliphatic carboxylic acids is 1. The van der Waals surface area contributed by atoms with Gasteiger partial charge in [-0.3, -0.25) is 4.79 Å². The molecular weight excluding hydrogens is 242 g/mol. The van der Waals surface area contributed by atoms with E-state index in [1.54, 1.807) is 11.8 Å². The standard InChI is InChI=1S/C11H17NO2S2/c1-4-7(2)6-15-11-12-8(3)9(16-11)5-10(13)14/h7H,4-6H2,1-3H3,(H,13,14). The van der Waals surface area contributed by atoms with Crippen LogP contribution in [0.5, 0.6) is 0 Å². The quantitative estimate of drug-likeness (QED) is 0.797. The van der Waals surface area contributed by atoms with Crippen LogP contribution in [-0.2, 0) is 11.2 Å². The average Bonchev–Trinajstić information content (AvgIpc) is 2.55. The van der Waals surface area contributed by atoms with Gasteiger partial charge in [-0.1, -0.05) is 32.0 Å². The monoisotopic (exact) mass is 259 g/mol. The largest absolute Gasteiger partial charge is 0.481 e. The van der Waals surface area contributed by atoms with Crippen LogP contribution in [0.15, 0.2) is 4.34 Å². The lowest BCUT2D eigenvalue weighted by Crippen LogP contribution is -1.99. The van der Waals surface area contributed by atoms with Gasteiger partial charge in [-0.05, 0) is 12.8 Å². The normalized spacial score (nSPS) is 12.7. The number of rotatable bonds is 6. The Labute approximate surface area is 104 Å². The number of thiazole rings is 1. The highest BCUT2D eigenvalue weighted by molar-refractivity contribution is 8.01. The van der Waals surface area contributed by atoms with Crippen molar-refractivity contribution in [1.29, 1.82) is 0 Å². The molecule has 0 amide bonds. The fourth-order valence-corrected chi connectivity index (χ4v) is 3.48. The van der Waals surface area contributed by atoms with E-state index >= 15 is 0 Å². The highest BCUT2D eigenvalue weighted by atomic mass is 32.2. The van der Waals surface area contributed by atoms with Gasteiger partial charge < -0.3 is 5.11 Å². The van der Waals surface area contributed by atoms with E-state index in [0.29, 0.717) is 5.92 Å². The molecule has 16 heavy (non-hydrogen) atoms. The van der Waals surface area contributed by atoms with E-state index in [1.165, 1.54) is 17.8 Å². The Morgan fingerprint density at radius 3 is 2.88 bits per heavy atom. The van der Waals surface area contributed by atoms with E-state index in [2.05, 4.69) is 18.8 Å². The first-order chi connectivity index (χ1) is 7.52. The van der Waals surface area contributed by atoms with Crippen LogP contribution < -0.4 is 0 Å².